The van der Waals surface area contributed by atoms with E-state index in [1.54, 1.807) is 12.1 Å². The highest BCUT2D eigenvalue weighted by Crippen LogP contribution is 2.24. The van der Waals surface area contributed by atoms with E-state index in [0.29, 0.717) is 6.04 Å². The molecule has 3 rings (SSSR count). The number of likely N-dealkylation sites (N-methyl/N-ethyl adjacent to an activating group) is 1. The second kappa shape index (κ2) is 7.23. The first-order valence-corrected chi connectivity index (χ1v) is 8.30. The number of nitrogens with zero attached hydrogens (tertiary/aromatic N) is 3. The molecule has 0 saturated carbocycles. The highest BCUT2D eigenvalue weighted by atomic mass is 19.1. The minimum absolute atomic E-state index is 0.217. The molecule has 124 valence electrons. The van der Waals surface area contributed by atoms with E-state index in [1.807, 2.05) is 12.3 Å². The molecule has 0 spiro atoms. The number of benzene rings is 1. The Morgan fingerprint density at radius 3 is 3.00 bits per heavy atom. The second-order valence-electron chi connectivity index (χ2n) is 6.63. The Kier molecular flexibility index (Phi) is 5.08. The van der Waals surface area contributed by atoms with Gasteiger partial charge in [0.1, 0.15) is 5.82 Å². The van der Waals surface area contributed by atoms with Crippen LogP contribution in [0.3, 0.4) is 0 Å². The quantitative estimate of drug-likeness (QED) is 0.941. The zero-order chi connectivity index (χ0) is 16.2. The van der Waals surface area contributed by atoms with Gasteiger partial charge in [-0.1, -0.05) is 18.6 Å². The molecule has 1 aromatic carbocycles. The predicted molar refractivity (Wildman–Crippen MR) is 90.6 cm³/mol. The summed E-state index contributed by atoms with van der Waals surface area (Å²) in [5, 5.41) is 7.22. The monoisotopic (exact) mass is 316 g/mol. The van der Waals surface area contributed by atoms with Crippen molar-refractivity contribution >= 4 is 0 Å². The Morgan fingerprint density at radius 2 is 2.22 bits per heavy atom. The summed E-state index contributed by atoms with van der Waals surface area (Å²) in [5.74, 6) is -0.217. The van der Waals surface area contributed by atoms with Gasteiger partial charge in [-0.15, -0.1) is 0 Å². The van der Waals surface area contributed by atoms with E-state index in [4.69, 9.17) is 0 Å². The van der Waals surface area contributed by atoms with Crippen molar-refractivity contribution < 1.29 is 4.39 Å². The molecule has 0 amide bonds. The van der Waals surface area contributed by atoms with Gasteiger partial charge in [-0.25, -0.2) is 4.39 Å². The molecular weight excluding hydrogens is 291 g/mol. The van der Waals surface area contributed by atoms with Crippen molar-refractivity contribution in [2.45, 2.75) is 31.8 Å². The van der Waals surface area contributed by atoms with Gasteiger partial charge in [0.15, 0.2) is 0 Å². The normalized spacial score (nSPS) is 19.9. The summed E-state index contributed by atoms with van der Waals surface area (Å²) in [6, 6.07) is 7.29. The van der Waals surface area contributed by atoms with Crippen LogP contribution in [0.25, 0.3) is 11.3 Å². The van der Waals surface area contributed by atoms with Crippen molar-refractivity contribution in [2.24, 2.45) is 0 Å². The van der Waals surface area contributed by atoms with Crippen molar-refractivity contribution in [3.05, 3.63) is 41.8 Å². The van der Waals surface area contributed by atoms with Gasteiger partial charge < -0.3 is 4.90 Å². The third kappa shape index (κ3) is 3.98. The maximum Gasteiger partial charge on any atom is 0.123 e. The average Bonchev–Trinajstić information content (AvgIpc) is 2.84. The van der Waals surface area contributed by atoms with E-state index in [1.165, 1.54) is 25.3 Å². The zero-order valence-electron chi connectivity index (χ0n) is 13.9. The molecule has 0 bridgehead atoms. The Bertz CT molecular complexity index is 637. The molecule has 1 aliphatic heterocycles. The number of nitrogens with one attached hydrogen (secondary N) is 1. The van der Waals surface area contributed by atoms with Crippen molar-refractivity contribution in [3.8, 4) is 11.3 Å². The first-order chi connectivity index (χ1) is 11.1. The molecular formula is C18H25FN4. The van der Waals surface area contributed by atoms with Crippen LogP contribution in [-0.2, 0) is 6.54 Å². The van der Waals surface area contributed by atoms with Gasteiger partial charge in [0, 0.05) is 30.3 Å². The lowest BCUT2D eigenvalue weighted by Gasteiger charge is -2.28. The van der Waals surface area contributed by atoms with Gasteiger partial charge in [-0.05, 0) is 45.6 Å². The molecule has 4 nitrogen and oxygen atoms in total. The molecule has 1 N–H and O–H groups in total. The largest absolute Gasteiger partial charge is 0.305 e. The molecule has 1 saturated heterocycles. The van der Waals surface area contributed by atoms with Crippen LogP contribution in [0.5, 0.6) is 0 Å². The lowest BCUT2D eigenvalue weighted by atomic mass is 10.1. The Balaban J connectivity index is 1.77. The molecule has 2 heterocycles. The number of hydrogen-bond donors (Lipinski definition) is 1. The summed E-state index contributed by atoms with van der Waals surface area (Å²) >= 11 is 0. The minimum Gasteiger partial charge on any atom is -0.305 e. The first-order valence-electron chi connectivity index (χ1n) is 8.30. The van der Waals surface area contributed by atoms with Crippen LogP contribution in [0.2, 0.25) is 0 Å². The molecule has 1 aliphatic rings. The SMILES string of the molecule is CN(C)[C@H]1CCCCN(Cc2cn[nH]c2-c2cccc(F)c2)C1. The van der Waals surface area contributed by atoms with Gasteiger partial charge in [-0.2, -0.15) is 5.10 Å². The van der Waals surface area contributed by atoms with Crippen LogP contribution in [-0.4, -0.2) is 53.2 Å². The first kappa shape index (κ1) is 16.1. The molecule has 0 aliphatic carbocycles. The molecule has 2 aromatic rings. The Hall–Kier alpha value is -1.72. The van der Waals surface area contributed by atoms with E-state index < -0.39 is 0 Å². The maximum absolute atomic E-state index is 13.5. The summed E-state index contributed by atoms with van der Waals surface area (Å²) in [5.41, 5.74) is 2.92. The predicted octanol–water partition coefficient (Wildman–Crippen LogP) is 3.13. The smallest absolute Gasteiger partial charge is 0.123 e. The van der Waals surface area contributed by atoms with Gasteiger partial charge in [-0.3, -0.25) is 10.00 Å². The van der Waals surface area contributed by atoms with Crippen molar-refractivity contribution in [2.75, 3.05) is 27.2 Å². The third-order valence-electron chi connectivity index (χ3n) is 4.69. The summed E-state index contributed by atoms with van der Waals surface area (Å²) < 4.78 is 13.5. The average molecular weight is 316 g/mol. The minimum atomic E-state index is -0.217. The molecule has 1 aromatic heterocycles. The lowest BCUT2D eigenvalue weighted by molar-refractivity contribution is 0.191. The topological polar surface area (TPSA) is 35.2 Å². The molecule has 5 heteroatoms. The van der Waals surface area contributed by atoms with Crippen LogP contribution in [0, 0.1) is 5.82 Å². The highest BCUT2D eigenvalue weighted by molar-refractivity contribution is 5.62. The Morgan fingerprint density at radius 1 is 1.35 bits per heavy atom. The molecule has 1 fully saturated rings. The van der Waals surface area contributed by atoms with Gasteiger partial charge in [0.05, 0.1) is 11.9 Å². The van der Waals surface area contributed by atoms with Crippen LogP contribution < -0.4 is 0 Å². The van der Waals surface area contributed by atoms with E-state index in [-0.39, 0.29) is 5.82 Å². The number of likely N-dealkylation sites (tertiary alicyclic amines) is 1. The fourth-order valence-corrected chi connectivity index (χ4v) is 3.33. The van der Waals surface area contributed by atoms with E-state index in [9.17, 15) is 4.39 Å². The van der Waals surface area contributed by atoms with Crippen molar-refractivity contribution in [1.82, 2.24) is 20.0 Å². The molecule has 1 atom stereocenters. The maximum atomic E-state index is 13.5. The zero-order valence-corrected chi connectivity index (χ0v) is 13.9. The van der Waals surface area contributed by atoms with E-state index in [2.05, 4.69) is 34.1 Å². The number of hydrogen-bond acceptors (Lipinski definition) is 3. The standard InChI is InChI=1S/C18H25FN4/c1-22(2)17-8-3-4-9-23(13-17)12-15-11-20-21-18(15)14-6-5-7-16(19)10-14/h5-7,10-11,17H,3-4,8-9,12-13H2,1-2H3,(H,20,21)/t17-/m0/s1. The highest BCUT2D eigenvalue weighted by Gasteiger charge is 2.21. The van der Waals surface area contributed by atoms with Gasteiger partial charge >= 0.3 is 0 Å². The fourth-order valence-electron chi connectivity index (χ4n) is 3.33. The summed E-state index contributed by atoms with van der Waals surface area (Å²) in [7, 11) is 4.31. The number of aromatic nitrogens is 2. The summed E-state index contributed by atoms with van der Waals surface area (Å²) in [4.78, 5) is 4.81. The summed E-state index contributed by atoms with van der Waals surface area (Å²) in [6.45, 7) is 3.03. The fraction of sp³-hybridized carbons (Fsp3) is 0.500. The van der Waals surface area contributed by atoms with Crippen molar-refractivity contribution in [1.29, 1.82) is 0 Å². The molecule has 0 unspecified atom stereocenters. The van der Waals surface area contributed by atoms with E-state index >= 15 is 0 Å². The molecule has 23 heavy (non-hydrogen) atoms. The Labute approximate surface area is 137 Å². The lowest BCUT2D eigenvalue weighted by Crippen LogP contribution is -2.38. The number of aromatic amines is 1. The van der Waals surface area contributed by atoms with Crippen LogP contribution >= 0.6 is 0 Å². The number of rotatable bonds is 4. The second-order valence-corrected chi connectivity index (χ2v) is 6.63. The van der Waals surface area contributed by atoms with Crippen LogP contribution in [0.15, 0.2) is 30.5 Å². The molecule has 0 radical (unpaired) electrons. The summed E-state index contributed by atoms with van der Waals surface area (Å²) in [6.07, 6.45) is 5.64. The van der Waals surface area contributed by atoms with Gasteiger partial charge in [0.2, 0.25) is 0 Å². The number of H-pyrrole nitrogens is 1. The van der Waals surface area contributed by atoms with E-state index in [0.717, 1.165) is 36.5 Å². The number of halogens is 1. The third-order valence-corrected chi connectivity index (χ3v) is 4.69. The van der Waals surface area contributed by atoms with Crippen LogP contribution in [0.4, 0.5) is 4.39 Å². The van der Waals surface area contributed by atoms with Gasteiger partial charge in [0.25, 0.3) is 0 Å². The van der Waals surface area contributed by atoms with Crippen molar-refractivity contribution in [3.63, 3.8) is 0 Å². The van der Waals surface area contributed by atoms with Crippen LogP contribution in [0.1, 0.15) is 24.8 Å².